The molecule has 1 aromatic rings. The summed E-state index contributed by atoms with van der Waals surface area (Å²) in [6.07, 6.45) is -3.29. The lowest BCUT2D eigenvalue weighted by Crippen LogP contribution is -2.58. The van der Waals surface area contributed by atoms with Crippen molar-refractivity contribution in [3.8, 4) is 0 Å². The number of aliphatic hydroxyl groups is 1. The highest BCUT2D eigenvalue weighted by Crippen LogP contribution is 2.36. The third kappa shape index (κ3) is 4.98. The molecule has 2 N–H and O–H groups in total. The fourth-order valence-electron chi connectivity index (χ4n) is 3.65. The molecule has 144 valence electrons. The molecule has 0 unspecified atom stereocenters. The van der Waals surface area contributed by atoms with Crippen molar-refractivity contribution in [3.63, 3.8) is 0 Å². The Hall–Kier alpha value is -0.600. The molecule has 2 saturated heterocycles. The third-order valence-electron chi connectivity index (χ3n) is 4.99. The lowest BCUT2D eigenvalue weighted by molar-refractivity contribution is -0.139. The van der Waals surface area contributed by atoms with Crippen LogP contribution in [0.25, 0.3) is 0 Å². The van der Waals surface area contributed by atoms with E-state index in [0.717, 1.165) is 24.7 Å². The van der Waals surface area contributed by atoms with Crippen molar-refractivity contribution in [2.45, 2.75) is 31.2 Å². The summed E-state index contributed by atoms with van der Waals surface area (Å²) in [5.74, 6) is -0.672. The topological polar surface area (TPSA) is 35.5 Å². The Bertz CT molecular complexity index is 588. The normalized spacial score (nSPS) is 27.0. The number of nitrogens with zero attached hydrogens (tertiary/aromatic N) is 1. The molecule has 25 heavy (non-hydrogen) atoms. The first-order valence-corrected chi connectivity index (χ1v) is 7.79. The molecule has 2 aliphatic heterocycles. The van der Waals surface area contributed by atoms with Crippen molar-refractivity contribution in [1.82, 2.24) is 10.2 Å². The second-order valence-corrected chi connectivity index (χ2v) is 6.54. The van der Waals surface area contributed by atoms with Crippen LogP contribution in [0, 0.1) is 11.7 Å². The number of fused-ring (bicyclic) bond motifs is 1. The van der Waals surface area contributed by atoms with E-state index in [9.17, 15) is 22.7 Å². The first kappa shape index (κ1) is 22.4. The molecule has 9 heteroatoms. The van der Waals surface area contributed by atoms with Crippen LogP contribution in [0.4, 0.5) is 17.6 Å². The minimum Gasteiger partial charge on any atom is -0.389 e. The quantitative estimate of drug-likeness (QED) is 0.742. The standard InChI is InChI=1S/C16H20F4N2O.2ClH/c17-13-1-2-14(16(18,19)20)11(7-13)9-22-6-4-15(23)3-5-21-8-12(15)10-22;;/h1-2,7,12,21,23H,3-6,8-10H2;2*1H/t12-,15-;;/m0../s1. The van der Waals surface area contributed by atoms with Crippen LogP contribution < -0.4 is 5.32 Å². The summed E-state index contributed by atoms with van der Waals surface area (Å²) < 4.78 is 52.6. The van der Waals surface area contributed by atoms with E-state index in [1.807, 2.05) is 4.90 Å². The first-order valence-electron chi connectivity index (χ1n) is 7.79. The van der Waals surface area contributed by atoms with Gasteiger partial charge in [-0.2, -0.15) is 13.2 Å². The van der Waals surface area contributed by atoms with E-state index < -0.39 is 23.2 Å². The van der Waals surface area contributed by atoms with E-state index in [2.05, 4.69) is 5.32 Å². The van der Waals surface area contributed by atoms with Gasteiger partial charge in [-0.25, -0.2) is 4.39 Å². The van der Waals surface area contributed by atoms with Crippen molar-refractivity contribution in [3.05, 3.63) is 35.1 Å². The fourth-order valence-corrected chi connectivity index (χ4v) is 3.65. The van der Waals surface area contributed by atoms with Gasteiger partial charge in [-0.1, -0.05) is 0 Å². The average Bonchev–Trinajstić information content (AvgIpc) is 2.46. The second-order valence-electron chi connectivity index (χ2n) is 6.54. The largest absolute Gasteiger partial charge is 0.416 e. The third-order valence-corrected chi connectivity index (χ3v) is 4.99. The molecule has 0 radical (unpaired) electrons. The van der Waals surface area contributed by atoms with Gasteiger partial charge in [0, 0.05) is 32.1 Å². The summed E-state index contributed by atoms with van der Waals surface area (Å²) >= 11 is 0. The van der Waals surface area contributed by atoms with Gasteiger partial charge in [0.05, 0.1) is 11.2 Å². The van der Waals surface area contributed by atoms with Crippen molar-refractivity contribution < 1.29 is 22.7 Å². The summed E-state index contributed by atoms with van der Waals surface area (Å²) in [5, 5.41) is 13.8. The van der Waals surface area contributed by atoms with Gasteiger partial charge >= 0.3 is 6.18 Å². The number of alkyl halides is 3. The molecule has 0 saturated carbocycles. The number of hydrogen-bond acceptors (Lipinski definition) is 3. The van der Waals surface area contributed by atoms with Crippen LogP contribution in [0.2, 0.25) is 0 Å². The van der Waals surface area contributed by atoms with Crippen molar-refractivity contribution in [2.24, 2.45) is 5.92 Å². The molecular formula is C16H22Cl2F4N2O. The van der Waals surface area contributed by atoms with E-state index in [-0.39, 0.29) is 42.8 Å². The molecule has 1 aromatic carbocycles. The predicted molar refractivity (Wildman–Crippen MR) is 91.7 cm³/mol. The Morgan fingerprint density at radius 1 is 1.24 bits per heavy atom. The highest BCUT2D eigenvalue weighted by atomic mass is 35.5. The molecule has 3 nitrogen and oxygen atoms in total. The van der Waals surface area contributed by atoms with Gasteiger partial charge in [0.15, 0.2) is 0 Å². The molecule has 0 amide bonds. The maximum Gasteiger partial charge on any atom is 0.416 e. The number of nitrogens with one attached hydrogen (secondary N) is 1. The lowest BCUT2D eigenvalue weighted by Gasteiger charge is -2.47. The van der Waals surface area contributed by atoms with Crippen LogP contribution in [0.5, 0.6) is 0 Å². The Morgan fingerprint density at radius 2 is 1.96 bits per heavy atom. The Kier molecular flexibility index (Phi) is 7.53. The van der Waals surface area contributed by atoms with Crippen LogP contribution >= 0.6 is 24.8 Å². The summed E-state index contributed by atoms with van der Waals surface area (Å²) in [6, 6.07) is 2.60. The molecular weight excluding hydrogens is 383 g/mol. The summed E-state index contributed by atoms with van der Waals surface area (Å²) in [6.45, 7) is 2.48. The highest BCUT2D eigenvalue weighted by Gasteiger charge is 2.43. The van der Waals surface area contributed by atoms with Crippen molar-refractivity contribution in [1.29, 1.82) is 0 Å². The summed E-state index contributed by atoms with van der Waals surface area (Å²) in [5.41, 5.74) is -1.57. The van der Waals surface area contributed by atoms with Gasteiger partial charge < -0.3 is 10.4 Å². The zero-order valence-corrected chi connectivity index (χ0v) is 15.1. The van der Waals surface area contributed by atoms with E-state index in [4.69, 9.17) is 0 Å². The van der Waals surface area contributed by atoms with Crippen LogP contribution in [-0.2, 0) is 12.7 Å². The average molecular weight is 405 g/mol. The summed E-state index contributed by atoms with van der Waals surface area (Å²) in [7, 11) is 0. The number of benzene rings is 1. The van der Waals surface area contributed by atoms with Gasteiger partial charge in [-0.3, -0.25) is 4.90 Å². The van der Waals surface area contributed by atoms with Crippen molar-refractivity contribution >= 4 is 24.8 Å². The van der Waals surface area contributed by atoms with E-state index in [1.165, 1.54) is 0 Å². The summed E-state index contributed by atoms with van der Waals surface area (Å²) in [4.78, 5) is 1.87. The number of hydrogen-bond donors (Lipinski definition) is 2. The molecule has 2 heterocycles. The Labute approximate surface area is 156 Å². The lowest BCUT2D eigenvalue weighted by atomic mass is 9.76. The van der Waals surface area contributed by atoms with Crippen LogP contribution in [-0.4, -0.2) is 41.8 Å². The molecule has 2 fully saturated rings. The monoisotopic (exact) mass is 404 g/mol. The molecule has 0 bridgehead atoms. The molecule has 2 aliphatic rings. The van der Waals surface area contributed by atoms with Crippen LogP contribution in [0.3, 0.4) is 0 Å². The van der Waals surface area contributed by atoms with E-state index >= 15 is 0 Å². The molecule has 0 aliphatic carbocycles. The van der Waals surface area contributed by atoms with Gasteiger partial charge in [-0.15, -0.1) is 24.8 Å². The first-order chi connectivity index (χ1) is 10.8. The number of halogens is 6. The zero-order valence-electron chi connectivity index (χ0n) is 13.5. The Morgan fingerprint density at radius 3 is 2.64 bits per heavy atom. The maximum atomic E-state index is 13.4. The molecule has 0 spiro atoms. The number of piperidine rings is 2. The van der Waals surface area contributed by atoms with E-state index in [0.29, 0.717) is 32.5 Å². The predicted octanol–water partition coefficient (Wildman–Crippen LogP) is 3.23. The van der Waals surface area contributed by atoms with Crippen LogP contribution in [0.15, 0.2) is 18.2 Å². The van der Waals surface area contributed by atoms with Gasteiger partial charge in [0.1, 0.15) is 5.82 Å². The van der Waals surface area contributed by atoms with Gasteiger partial charge in [-0.05, 0) is 43.1 Å². The number of likely N-dealkylation sites (tertiary alicyclic amines) is 1. The number of rotatable bonds is 2. The molecule has 2 atom stereocenters. The highest BCUT2D eigenvalue weighted by molar-refractivity contribution is 5.85. The Balaban J connectivity index is 0.00000156. The van der Waals surface area contributed by atoms with Gasteiger partial charge in [0.2, 0.25) is 0 Å². The maximum absolute atomic E-state index is 13.4. The molecule has 0 aromatic heterocycles. The van der Waals surface area contributed by atoms with E-state index in [1.54, 1.807) is 0 Å². The van der Waals surface area contributed by atoms with Crippen LogP contribution in [0.1, 0.15) is 24.0 Å². The molecule has 3 rings (SSSR count). The smallest absolute Gasteiger partial charge is 0.389 e. The van der Waals surface area contributed by atoms with Gasteiger partial charge in [0.25, 0.3) is 0 Å². The minimum absolute atomic E-state index is 0. The van der Waals surface area contributed by atoms with Crippen molar-refractivity contribution in [2.75, 3.05) is 26.2 Å². The SMILES string of the molecule is Cl.Cl.O[C@]12CCNC[C@H]1CN(Cc1cc(F)ccc1C(F)(F)F)CC2. The second kappa shape index (κ2) is 8.39. The minimum atomic E-state index is -4.49. The zero-order chi connectivity index (χ0) is 16.7. The fraction of sp³-hybridized carbons (Fsp3) is 0.625.